The van der Waals surface area contributed by atoms with Gasteiger partial charge in [0.15, 0.2) is 0 Å². The van der Waals surface area contributed by atoms with Gasteiger partial charge in [0.1, 0.15) is 18.8 Å². The zero-order valence-electron chi connectivity index (χ0n) is 20.8. The second kappa shape index (κ2) is 22.7. The fraction of sp³-hybridized carbons (Fsp3) is 0.875. The van der Waals surface area contributed by atoms with Crippen molar-refractivity contribution in [2.24, 2.45) is 0 Å². The lowest BCUT2D eigenvalue weighted by Gasteiger charge is -2.16. The molecule has 4 N–H and O–H groups in total. The maximum Gasteiger partial charge on any atom is 0.472 e. The molecular formula is C24H47O9P. The van der Waals surface area contributed by atoms with Crippen LogP contribution in [-0.4, -0.2) is 64.8 Å². The molecule has 0 saturated carbocycles. The van der Waals surface area contributed by atoms with E-state index in [2.05, 4.69) is 28.1 Å². The first-order valence-corrected chi connectivity index (χ1v) is 14.2. The first-order chi connectivity index (χ1) is 16.3. The minimum absolute atomic E-state index is 0.236. The summed E-state index contributed by atoms with van der Waals surface area (Å²) < 4.78 is 25.5. The molecule has 0 aliphatic rings. The summed E-state index contributed by atoms with van der Waals surface area (Å²) in [7, 11) is -4.49. The number of allylic oxidation sites excluding steroid dienone is 2. The van der Waals surface area contributed by atoms with Gasteiger partial charge in [-0.25, -0.2) is 4.57 Å². The largest absolute Gasteiger partial charge is 0.472 e. The van der Waals surface area contributed by atoms with Crippen LogP contribution >= 0.6 is 7.82 Å². The van der Waals surface area contributed by atoms with Crippen molar-refractivity contribution < 1.29 is 43.4 Å². The monoisotopic (exact) mass is 510 g/mol. The van der Waals surface area contributed by atoms with Crippen LogP contribution in [0, 0.1) is 0 Å². The highest BCUT2D eigenvalue weighted by Gasteiger charge is 2.24. The zero-order valence-corrected chi connectivity index (χ0v) is 21.7. The predicted octanol–water partition coefficient (Wildman–Crippen LogP) is 4.41. The Morgan fingerprint density at radius 2 is 1.29 bits per heavy atom. The molecule has 0 rings (SSSR count). The molecule has 3 unspecified atom stereocenters. The maximum atomic E-state index is 11.7. The number of aliphatic hydroxyl groups excluding tert-OH is 3. The van der Waals surface area contributed by atoms with E-state index < -0.39 is 45.8 Å². The summed E-state index contributed by atoms with van der Waals surface area (Å²) in [6.45, 7) is 0.0691. The van der Waals surface area contributed by atoms with Crippen LogP contribution in [0.15, 0.2) is 12.2 Å². The molecule has 3 atom stereocenters. The maximum absolute atomic E-state index is 11.7. The van der Waals surface area contributed by atoms with Gasteiger partial charge in [0.05, 0.1) is 19.8 Å². The summed E-state index contributed by atoms with van der Waals surface area (Å²) in [5, 5.41) is 27.4. The summed E-state index contributed by atoms with van der Waals surface area (Å²) in [5.41, 5.74) is 0. The Morgan fingerprint density at radius 3 is 1.85 bits per heavy atom. The first-order valence-electron chi connectivity index (χ1n) is 12.7. The van der Waals surface area contributed by atoms with E-state index in [1.807, 2.05) is 0 Å². The van der Waals surface area contributed by atoms with Gasteiger partial charge in [-0.15, -0.1) is 0 Å². The van der Waals surface area contributed by atoms with Crippen LogP contribution in [0.2, 0.25) is 0 Å². The van der Waals surface area contributed by atoms with Crippen LogP contribution in [-0.2, 0) is 23.1 Å². The lowest BCUT2D eigenvalue weighted by Crippen LogP contribution is -2.24. The van der Waals surface area contributed by atoms with Crippen LogP contribution in [0.4, 0.5) is 0 Å². The van der Waals surface area contributed by atoms with Crippen molar-refractivity contribution >= 4 is 13.8 Å². The van der Waals surface area contributed by atoms with Gasteiger partial charge < -0.3 is 24.9 Å². The van der Waals surface area contributed by atoms with Crippen molar-refractivity contribution in [2.75, 3.05) is 26.4 Å². The lowest BCUT2D eigenvalue weighted by atomic mass is 10.1. The van der Waals surface area contributed by atoms with E-state index >= 15 is 0 Å². The standard InChI is InChI=1S/C24H47O9P/c1-2-3-4-5-6-7-8-9-10-11-12-13-14-15-16-17-24(28)31-19-23(27)21-33-34(29,30)32-20-22(26)18-25/h12-13,22-23,25-27H,2-11,14-21H2,1H3,(H,29,30)/b13-12-. The van der Waals surface area contributed by atoms with Gasteiger partial charge in [-0.1, -0.05) is 70.4 Å². The van der Waals surface area contributed by atoms with Gasteiger partial charge in [-0.05, 0) is 32.1 Å². The number of carbonyl (C=O) groups excluding carboxylic acids is 1. The molecule has 0 aromatic rings. The number of carbonyl (C=O) groups is 1. The Hall–Kier alpha value is -0.800. The Labute approximate surface area is 205 Å². The van der Waals surface area contributed by atoms with E-state index in [-0.39, 0.29) is 13.0 Å². The van der Waals surface area contributed by atoms with E-state index in [1.54, 1.807) is 0 Å². The number of ether oxygens (including phenoxy) is 1. The van der Waals surface area contributed by atoms with Crippen molar-refractivity contribution in [2.45, 2.75) is 109 Å². The summed E-state index contributed by atoms with van der Waals surface area (Å²) >= 11 is 0. The number of hydrogen-bond donors (Lipinski definition) is 4. The fourth-order valence-electron chi connectivity index (χ4n) is 3.10. The molecule has 0 radical (unpaired) electrons. The Bertz CT molecular complexity index is 557. The lowest BCUT2D eigenvalue weighted by molar-refractivity contribution is -0.147. The van der Waals surface area contributed by atoms with Crippen molar-refractivity contribution in [3.63, 3.8) is 0 Å². The highest BCUT2D eigenvalue weighted by Crippen LogP contribution is 2.43. The second-order valence-corrected chi connectivity index (χ2v) is 10.0. The molecule has 0 aromatic carbocycles. The third-order valence-electron chi connectivity index (χ3n) is 5.15. The third kappa shape index (κ3) is 23.0. The summed E-state index contributed by atoms with van der Waals surface area (Å²) in [5.74, 6) is -0.452. The zero-order chi connectivity index (χ0) is 25.5. The Morgan fingerprint density at radius 1 is 0.794 bits per heavy atom. The molecule has 10 heteroatoms. The number of aliphatic hydroxyl groups is 3. The second-order valence-electron chi connectivity index (χ2n) is 8.57. The SMILES string of the molecule is CCCCCCCCCCC/C=C\CCCCC(=O)OCC(O)COP(=O)(O)OCC(O)CO. The molecule has 0 amide bonds. The minimum Gasteiger partial charge on any atom is -0.463 e. The smallest absolute Gasteiger partial charge is 0.463 e. The average Bonchev–Trinajstić information content (AvgIpc) is 2.82. The Balaban J connectivity index is 3.58. The van der Waals surface area contributed by atoms with Crippen LogP contribution in [0.3, 0.4) is 0 Å². The van der Waals surface area contributed by atoms with Gasteiger partial charge >= 0.3 is 13.8 Å². The first kappa shape index (κ1) is 33.2. The van der Waals surface area contributed by atoms with E-state index in [4.69, 9.17) is 14.9 Å². The van der Waals surface area contributed by atoms with Crippen LogP contribution in [0.25, 0.3) is 0 Å². The molecule has 0 aliphatic heterocycles. The summed E-state index contributed by atoms with van der Waals surface area (Å²) in [6.07, 6.45) is 17.5. The summed E-state index contributed by atoms with van der Waals surface area (Å²) in [4.78, 5) is 21.1. The Kier molecular flexibility index (Phi) is 22.1. The van der Waals surface area contributed by atoms with Gasteiger partial charge in [0, 0.05) is 6.42 Å². The van der Waals surface area contributed by atoms with Crippen LogP contribution < -0.4 is 0 Å². The molecule has 0 aliphatic carbocycles. The molecule has 0 fully saturated rings. The quantitative estimate of drug-likeness (QED) is 0.0642. The summed E-state index contributed by atoms with van der Waals surface area (Å²) in [6, 6.07) is 0. The normalized spacial score (nSPS) is 15.3. The molecule has 0 aromatic heterocycles. The fourth-order valence-corrected chi connectivity index (χ4v) is 3.90. The number of hydrogen-bond acceptors (Lipinski definition) is 8. The van der Waals surface area contributed by atoms with Crippen LogP contribution in [0.1, 0.15) is 96.8 Å². The van der Waals surface area contributed by atoms with Gasteiger partial charge in [-0.2, -0.15) is 0 Å². The van der Waals surface area contributed by atoms with Crippen molar-refractivity contribution in [1.82, 2.24) is 0 Å². The molecule has 0 spiro atoms. The number of esters is 1. The van der Waals surface area contributed by atoms with Crippen LogP contribution in [0.5, 0.6) is 0 Å². The number of phosphoric ester groups is 1. The highest BCUT2D eigenvalue weighted by atomic mass is 31.2. The van der Waals surface area contributed by atoms with Gasteiger partial charge in [-0.3, -0.25) is 13.8 Å². The molecular weight excluding hydrogens is 463 g/mol. The minimum atomic E-state index is -4.49. The van der Waals surface area contributed by atoms with Crippen molar-refractivity contribution in [3.8, 4) is 0 Å². The molecule has 202 valence electrons. The number of phosphoric acid groups is 1. The van der Waals surface area contributed by atoms with E-state index in [9.17, 15) is 19.4 Å². The van der Waals surface area contributed by atoms with Gasteiger partial charge in [0.2, 0.25) is 0 Å². The number of rotatable bonds is 24. The van der Waals surface area contributed by atoms with E-state index in [0.717, 1.165) is 19.3 Å². The van der Waals surface area contributed by atoms with Gasteiger partial charge in [0.25, 0.3) is 0 Å². The highest BCUT2D eigenvalue weighted by molar-refractivity contribution is 7.47. The topological polar surface area (TPSA) is 143 Å². The predicted molar refractivity (Wildman–Crippen MR) is 131 cm³/mol. The van der Waals surface area contributed by atoms with E-state index in [0.29, 0.717) is 6.42 Å². The number of unbranched alkanes of at least 4 members (excludes halogenated alkanes) is 11. The van der Waals surface area contributed by atoms with Crippen molar-refractivity contribution in [3.05, 3.63) is 12.2 Å². The third-order valence-corrected chi connectivity index (χ3v) is 6.10. The van der Waals surface area contributed by atoms with E-state index in [1.165, 1.54) is 57.8 Å². The average molecular weight is 511 g/mol. The molecule has 0 bridgehead atoms. The molecule has 0 heterocycles. The molecule has 34 heavy (non-hydrogen) atoms. The molecule has 0 saturated heterocycles. The van der Waals surface area contributed by atoms with Crippen molar-refractivity contribution in [1.29, 1.82) is 0 Å². The molecule has 9 nitrogen and oxygen atoms in total.